The molecule has 0 bridgehead atoms. The molecule has 0 atom stereocenters. The van der Waals surface area contributed by atoms with Gasteiger partial charge in [0.15, 0.2) is 23.0 Å². The maximum absolute atomic E-state index is 12.6. The predicted molar refractivity (Wildman–Crippen MR) is 150 cm³/mol. The van der Waals surface area contributed by atoms with E-state index < -0.39 is 0 Å². The molecule has 0 radical (unpaired) electrons. The molecule has 190 valence electrons. The summed E-state index contributed by atoms with van der Waals surface area (Å²) in [7, 11) is 0. The quantitative estimate of drug-likeness (QED) is 0.142. The van der Waals surface area contributed by atoms with Crippen LogP contribution in [0.25, 0.3) is 0 Å². The summed E-state index contributed by atoms with van der Waals surface area (Å²) in [5.41, 5.74) is 4.67. The first-order valence-electron chi connectivity index (χ1n) is 11.5. The van der Waals surface area contributed by atoms with Gasteiger partial charge in [0.05, 0.1) is 29.6 Å². The first-order valence-corrected chi connectivity index (χ1v) is 13.0. The molecule has 0 saturated carbocycles. The largest absolute Gasteiger partial charge is 0.490 e. The lowest BCUT2D eigenvalue weighted by Gasteiger charge is -2.15. The summed E-state index contributed by atoms with van der Waals surface area (Å²) in [5.74, 6) is 1.97. The predicted octanol–water partition coefficient (Wildman–Crippen LogP) is 6.48. The molecule has 3 rings (SSSR count). The highest BCUT2D eigenvalue weighted by Crippen LogP contribution is 2.34. The number of carbonyl (C=O) groups excluding carboxylic acids is 1. The molecular formula is C27H28ClIN2O5. The standard InChI is InChI=1S/C27H28ClIN2O5/c1-4-33-23-11-10-20(15-24(23)34-5-2)27(32)31-30-16-19-13-22(29)26(25(14-19)35-6-3)36-17-18-8-7-9-21(28)12-18/h7-16H,4-6,17H2,1-3H3,(H,31,32)/b30-16+. The van der Waals surface area contributed by atoms with Crippen molar-refractivity contribution < 1.29 is 23.7 Å². The lowest BCUT2D eigenvalue weighted by molar-refractivity contribution is 0.0954. The van der Waals surface area contributed by atoms with Gasteiger partial charge in [0.25, 0.3) is 5.91 Å². The number of amides is 1. The summed E-state index contributed by atoms with van der Waals surface area (Å²) in [6, 6.07) is 16.3. The number of hydrazone groups is 1. The molecule has 0 aliphatic carbocycles. The van der Waals surface area contributed by atoms with Crippen LogP contribution in [0.3, 0.4) is 0 Å². The number of halogens is 2. The van der Waals surface area contributed by atoms with Crippen LogP contribution >= 0.6 is 34.2 Å². The zero-order valence-corrected chi connectivity index (χ0v) is 23.3. The number of carbonyl (C=O) groups is 1. The molecule has 0 aliphatic rings. The molecule has 0 spiro atoms. The minimum absolute atomic E-state index is 0.353. The number of nitrogens with zero attached hydrogens (tertiary/aromatic N) is 1. The fraction of sp³-hybridized carbons (Fsp3) is 0.259. The topological polar surface area (TPSA) is 78.4 Å². The monoisotopic (exact) mass is 622 g/mol. The highest BCUT2D eigenvalue weighted by molar-refractivity contribution is 14.1. The summed E-state index contributed by atoms with van der Waals surface area (Å²) >= 11 is 8.26. The Morgan fingerprint density at radius 1 is 0.917 bits per heavy atom. The normalized spacial score (nSPS) is 10.8. The van der Waals surface area contributed by atoms with E-state index in [9.17, 15) is 4.79 Å². The molecule has 0 fully saturated rings. The molecule has 0 aromatic heterocycles. The highest BCUT2D eigenvalue weighted by Gasteiger charge is 2.13. The first kappa shape index (κ1) is 27.6. The van der Waals surface area contributed by atoms with Crippen molar-refractivity contribution in [3.05, 3.63) is 79.9 Å². The van der Waals surface area contributed by atoms with Crippen LogP contribution in [0.2, 0.25) is 5.02 Å². The van der Waals surface area contributed by atoms with Crippen molar-refractivity contribution in [2.45, 2.75) is 27.4 Å². The molecular weight excluding hydrogens is 595 g/mol. The van der Waals surface area contributed by atoms with Gasteiger partial charge in [-0.25, -0.2) is 5.43 Å². The minimum Gasteiger partial charge on any atom is -0.490 e. The van der Waals surface area contributed by atoms with Gasteiger partial charge in [-0.05, 0) is 97.0 Å². The molecule has 0 saturated heterocycles. The van der Waals surface area contributed by atoms with E-state index in [0.29, 0.717) is 60.0 Å². The molecule has 0 aliphatic heterocycles. The van der Waals surface area contributed by atoms with Gasteiger partial charge in [-0.1, -0.05) is 23.7 Å². The smallest absolute Gasteiger partial charge is 0.271 e. The van der Waals surface area contributed by atoms with Crippen molar-refractivity contribution in [2.24, 2.45) is 5.10 Å². The van der Waals surface area contributed by atoms with Crippen molar-refractivity contribution in [2.75, 3.05) is 19.8 Å². The van der Waals surface area contributed by atoms with Crippen molar-refractivity contribution in [1.82, 2.24) is 5.43 Å². The van der Waals surface area contributed by atoms with Gasteiger partial charge >= 0.3 is 0 Å². The molecule has 36 heavy (non-hydrogen) atoms. The summed E-state index contributed by atoms with van der Waals surface area (Å²) in [6.07, 6.45) is 1.56. The zero-order valence-electron chi connectivity index (χ0n) is 20.3. The second kappa shape index (κ2) is 13.9. The first-order chi connectivity index (χ1) is 17.4. The summed E-state index contributed by atoms with van der Waals surface area (Å²) in [4.78, 5) is 12.6. The highest BCUT2D eigenvalue weighted by atomic mass is 127. The van der Waals surface area contributed by atoms with E-state index in [1.54, 1.807) is 24.4 Å². The Hall–Kier alpha value is -2.98. The Kier molecular flexibility index (Phi) is 10.7. The number of rotatable bonds is 12. The molecule has 3 aromatic rings. The maximum atomic E-state index is 12.6. The van der Waals surface area contributed by atoms with Crippen molar-refractivity contribution in [3.63, 3.8) is 0 Å². The van der Waals surface area contributed by atoms with Crippen LogP contribution < -0.4 is 24.4 Å². The average Bonchev–Trinajstić information content (AvgIpc) is 2.85. The van der Waals surface area contributed by atoms with E-state index in [2.05, 4.69) is 33.1 Å². The van der Waals surface area contributed by atoms with E-state index in [-0.39, 0.29) is 5.91 Å². The van der Waals surface area contributed by atoms with Gasteiger partial charge in [0, 0.05) is 10.6 Å². The third-order valence-corrected chi connectivity index (χ3v) is 5.83. The maximum Gasteiger partial charge on any atom is 0.271 e. The van der Waals surface area contributed by atoms with Crippen LogP contribution in [0.5, 0.6) is 23.0 Å². The van der Waals surface area contributed by atoms with Crippen LogP contribution in [-0.2, 0) is 6.61 Å². The van der Waals surface area contributed by atoms with Crippen LogP contribution in [-0.4, -0.2) is 31.9 Å². The fourth-order valence-electron chi connectivity index (χ4n) is 3.27. The van der Waals surface area contributed by atoms with Crippen LogP contribution in [0, 0.1) is 3.57 Å². The summed E-state index contributed by atoms with van der Waals surface area (Å²) < 4.78 is 23.8. The van der Waals surface area contributed by atoms with E-state index in [1.807, 2.05) is 57.2 Å². The van der Waals surface area contributed by atoms with E-state index in [4.69, 9.17) is 30.5 Å². The van der Waals surface area contributed by atoms with Crippen LogP contribution in [0.15, 0.2) is 59.7 Å². The van der Waals surface area contributed by atoms with E-state index in [0.717, 1.165) is 14.7 Å². The van der Waals surface area contributed by atoms with Crippen molar-refractivity contribution >= 4 is 46.3 Å². The molecule has 9 heteroatoms. The van der Waals surface area contributed by atoms with Crippen LogP contribution in [0.1, 0.15) is 42.3 Å². The Morgan fingerprint density at radius 3 is 2.36 bits per heavy atom. The van der Waals surface area contributed by atoms with Gasteiger partial charge in [0.1, 0.15) is 6.61 Å². The van der Waals surface area contributed by atoms with E-state index >= 15 is 0 Å². The lowest BCUT2D eigenvalue weighted by atomic mass is 10.2. The molecule has 0 unspecified atom stereocenters. The molecule has 3 aromatic carbocycles. The van der Waals surface area contributed by atoms with Gasteiger partial charge in [0.2, 0.25) is 0 Å². The second-order valence-electron chi connectivity index (χ2n) is 7.41. The minimum atomic E-state index is -0.364. The Balaban J connectivity index is 1.71. The molecule has 0 heterocycles. The second-order valence-corrected chi connectivity index (χ2v) is 9.01. The van der Waals surface area contributed by atoms with Crippen molar-refractivity contribution in [1.29, 1.82) is 0 Å². The van der Waals surface area contributed by atoms with Gasteiger partial charge in [-0.2, -0.15) is 5.10 Å². The van der Waals surface area contributed by atoms with Crippen molar-refractivity contribution in [3.8, 4) is 23.0 Å². The van der Waals surface area contributed by atoms with Gasteiger partial charge in [-0.15, -0.1) is 0 Å². The third kappa shape index (κ3) is 7.76. The lowest BCUT2D eigenvalue weighted by Crippen LogP contribution is -2.17. The average molecular weight is 623 g/mol. The number of benzene rings is 3. The number of ether oxygens (including phenoxy) is 4. The van der Waals surface area contributed by atoms with Crippen LogP contribution in [0.4, 0.5) is 0 Å². The third-order valence-electron chi connectivity index (χ3n) is 4.79. The van der Waals surface area contributed by atoms with Gasteiger partial charge in [-0.3, -0.25) is 4.79 Å². The SMILES string of the molecule is CCOc1ccc(C(=O)N/N=C/c2cc(I)c(OCc3cccc(Cl)c3)c(OCC)c2)cc1OCC. The molecule has 1 amide bonds. The Morgan fingerprint density at radius 2 is 1.64 bits per heavy atom. The summed E-state index contributed by atoms with van der Waals surface area (Å²) in [5, 5.41) is 4.77. The summed E-state index contributed by atoms with van der Waals surface area (Å²) in [6.45, 7) is 7.46. The molecule has 1 N–H and O–H groups in total. The fourth-order valence-corrected chi connectivity index (χ4v) is 4.26. The number of hydrogen-bond donors (Lipinski definition) is 1. The Bertz CT molecular complexity index is 1220. The zero-order chi connectivity index (χ0) is 25.9. The number of hydrogen-bond acceptors (Lipinski definition) is 6. The van der Waals surface area contributed by atoms with Gasteiger partial charge < -0.3 is 18.9 Å². The number of nitrogens with one attached hydrogen (secondary N) is 1. The Labute approximate surface area is 229 Å². The molecule has 7 nitrogen and oxygen atoms in total. The van der Waals surface area contributed by atoms with E-state index in [1.165, 1.54) is 0 Å².